The molecule has 3 aliphatic heterocycles. The van der Waals surface area contributed by atoms with Gasteiger partial charge in [0, 0.05) is 40.7 Å². The van der Waals surface area contributed by atoms with Crippen LogP contribution < -0.4 is 0 Å². The Bertz CT molecular complexity index is 728. The summed E-state index contributed by atoms with van der Waals surface area (Å²) >= 11 is 3.59. The van der Waals surface area contributed by atoms with Gasteiger partial charge in [0.25, 0.3) is 0 Å². The molecule has 0 radical (unpaired) electrons. The van der Waals surface area contributed by atoms with Crippen LogP contribution in [0.3, 0.4) is 0 Å². The molecular formula is C17H20BrN3O. The number of nitrogens with one attached hydrogen (secondary N) is 1. The lowest BCUT2D eigenvalue weighted by Gasteiger charge is -2.51. The highest BCUT2D eigenvalue weighted by Crippen LogP contribution is 2.41. The minimum Gasteiger partial charge on any atom is -0.377 e. The van der Waals surface area contributed by atoms with E-state index in [1.807, 2.05) is 0 Å². The summed E-state index contributed by atoms with van der Waals surface area (Å²) < 4.78 is 6.90. The van der Waals surface area contributed by atoms with Crippen molar-refractivity contribution >= 4 is 26.8 Å². The fourth-order valence-corrected chi connectivity index (χ4v) is 4.87. The van der Waals surface area contributed by atoms with Crippen LogP contribution >= 0.6 is 15.9 Å². The number of morpholine rings is 1. The van der Waals surface area contributed by atoms with E-state index in [4.69, 9.17) is 4.74 Å². The SMILES string of the molecule is Brc1ccc2c3c([nH]c2c1)[C@@H]1CCN2CCOC[C@@H]2N1CC3. The lowest BCUT2D eigenvalue weighted by atomic mass is 9.92. The third-order valence-corrected chi connectivity index (χ3v) is 6.03. The van der Waals surface area contributed by atoms with Crippen LogP contribution in [-0.4, -0.2) is 53.8 Å². The molecule has 4 nitrogen and oxygen atoms in total. The highest BCUT2D eigenvalue weighted by Gasteiger charge is 2.41. The summed E-state index contributed by atoms with van der Waals surface area (Å²) in [4.78, 5) is 8.98. The van der Waals surface area contributed by atoms with E-state index in [1.54, 1.807) is 0 Å². The largest absolute Gasteiger partial charge is 0.377 e. The molecule has 2 fully saturated rings. The van der Waals surface area contributed by atoms with Crippen LogP contribution in [0.2, 0.25) is 0 Å². The Kier molecular flexibility index (Phi) is 3.12. The van der Waals surface area contributed by atoms with Crippen molar-refractivity contribution < 1.29 is 4.74 Å². The van der Waals surface area contributed by atoms with E-state index in [0.717, 1.165) is 37.2 Å². The van der Waals surface area contributed by atoms with E-state index in [2.05, 4.69) is 48.9 Å². The number of benzene rings is 1. The second-order valence-corrected chi connectivity index (χ2v) is 7.51. The van der Waals surface area contributed by atoms with E-state index in [1.165, 1.54) is 35.1 Å². The van der Waals surface area contributed by atoms with Crippen molar-refractivity contribution in [1.29, 1.82) is 0 Å². The molecule has 0 spiro atoms. The van der Waals surface area contributed by atoms with Crippen LogP contribution in [0.4, 0.5) is 0 Å². The lowest BCUT2D eigenvalue weighted by Crippen LogP contribution is -2.61. The van der Waals surface area contributed by atoms with Crippen molar-refractivity contribution in [3.05, 3.63) is 33.9 Å². The third kappa shape index (κ3) is 1.92. The average Bonchev–Trinajstić information content (AvgIpc) is 2.92. The first-order valence-electron chi connectivity index (χ1n) is 8.19. The third-order valence-electron chi connectivity index (χ3n) is 5.54. The summed E-state index contributed by atoms with van der Waals surface area (Å²) in [7, 11) is 0. The number of fused-ring (bicyclic) bond motifs is 7. The molecule has 4 heterocycles. The molecule has 0 unspecified atom stereocenters. The highest BCUT2D eigenvalue weighted by molar-refractivity contribution is 9.10. The van der Waals surface area contributed by atoms with Crippen molar-refractivity contribution in [1.82, 2.24) is 14.8 Å². The van der Waals surface area contributed by atoms with Crippen LogP contribution in [0.15, 0.2) is 22.7 Å². The standard InChI is InChI=1S/C17H20BrN3O/c18-11-1-2-12-13-3-6-21-15(17(13)19-14(12)9-11)4-5-20-7-8-22-10-16(20)21/h1-2,9,15-16,19H,3-8,10H2/t15-,16-/m0/s1. The number of nitrogens with zero attached hydrogens (tertiary/aromatic N) is 2. The molecule has 116 valence electrons. The number of hydrogen-bond acceptors (Lipinski definition) is 3. The predicted octanol–water partition coefficient (Wildman–Crippen LogP) is 2.89. The first-order chi connectivity index (χ1) is 10.8. The molecule has 1 aromatic heterocycles. The molecule has 1 aromatic carbocycles. The molecule has 5 heteroatoms. The number of H-pyrrole nitrogens is 1. The second kappa shape index (κ2) is 5.06. The summed E-state index contributed by atoms with van der Waals surface area (Å²) in [6.45, 7) is 5.16. The van der Waals surface area contributed by atoms with Gasteiger partial charge in [-0.1, -0.05) is 22.0 Å². The fraction of sp³-hybridized carbons (Fsp3) is 0.529. The van der Waals surface area contributed by atoms with E-state index in [0.29, 0.717) is 12.2 Å². The van der Waals surface area contributed by atoms with Gasteiger partial charge < -0.3 is 9.72 Å². The molecule has 3 aliphatic rings. The summed E-state index contributed by atoms with van der Waals surface area (Å²) in [6.07, 6.45) is 2.83. The Morgan fingerprint density at radius 1 is 1.23 bits per heavy atom. The normalized spacial score (nSPS) is 29.1. The average molecular weight is 362 g/mol. The molecular weight excluding hydrogens is 342 g/mol. The van der Waals surface area contributed by atoms with Crippen LogP contribution in [0, 0.1) is 0 Å². The first kappa shape index (κ1) is 13.5. The Labute approximate surface area is 138 Å². The van der Waals surface area contributed by atoms with Gasteiger partial charge in [-0.3, -0.25) is 9.80 Å². The van der Waals surface area contributed by atoms with Gasteiger partial charge in [-0.15, -0.1) is 0 Å². The van der Waals surface area contributed by atoms with E-state index in [9.17, 15) is 0 Å². The number of halogens is 1. The van der Waals surface area contributed by atoms with Crippen LogP contribution in [-0.2, 0) is 11.2 Å². The molecule has 0 saturated carbocycles. The zero-order chi connectivity index (χ0) is 14.7. The topological polar surface area (TPSA) is 31.5 Å². The quantitative estimate of drug-likeness (QED) is 0.782. The highest BCUT2D eigenvalue weighted by atomic mass is 79.9. The maximum atomic E-state index is 5.75. The van der Waals surface area contributed by atoms with Gasteiger partial charge in [0.2, 0.25) is 0 Å². The number of aromatic nitrogens is 1. The second-order valence-electron chi connectivity index (χ2n) is 6.59. The zero-order valence-corrected chi connectivity index (χ0v) is 14.1. The minimum atomic E-state index is 0.471. The van der Waals surface area contributed by atoms with E-state index >= 15 is 0 Å². The smallest absolute Gasteiger partial charge is 0.0870 e. The molecule has 0 amide bonds. The number of ether oxygens (including phenoxy) is 1. The minimum absolute atomic E-state index is 0.471. The van der Waals surface area contributed by atoms with Gasteiger partial charge in [-0.2, -0.15) is 0 Å². The Hall–Kier alpha value is -0.880. The van der Waals surface area contributed by atoms with Gasteiger partial charge in [-0.25, -0.2) is 0 Å². The summed E-state index contributed by atoms with van der Waals surface area (Å²) in [5, 5.41) is 1.40. The fourth-order valence-electron chi connectivity index (χ4n) is 4.51. The van der Waals surface area contributed by atoms with Gasteiger partial charge in [0.15, 0.2) is 0 Å². The predicted molar refractivity (Wildman–Crippen MR) is 89.9 cm³/mol. The van der Waals surface area contributed by atoms with Crippen molar-refractivity contribution in [2.75, 3.05) is 32.8 Å². The van der Waals surface area contributed by atoms with Gasteiger partial charge in [0.1, 0.15) is 0 Å². The van der Waals surface area contributed by atoms with E-state index < -0.39 is 0 Å². The van der Waals surface area contributed by atoms with E-state index in [-0.39, 0.29) is 0 Å². The number of rotatable bonds is 0. The summed E-state index contributed by atoms with van der Waals surface area (Å²) in [5.74, 6) is 0. The molecule has 2 atom stereocenters. The van der Waals surface area contributed by atoms with Crippen LogP contribution in [0.5, 0.6) is 0 Å². The van der Waals surface area contributed by atoms with Crippen LogP contribution in [0.25, 0.3) is 10.9 Å². The zero-order valence-electron chi connectivity index (χ0n) is 12.5. The molecule has 0 aliphatic carbocycles. The summed E-state index contributed by atoms with van der Waals surface area (Å²) in [6, 6.07) is 7.14. The molecule has 1 N–H and O–H groups in total. The van der Waals surface area contributed by atoms with Gasteiger partial charge >= 0.3 is 0 Å². The number of hydrogen-bond donors (Lipinski definition) is 1. The first-order valence-corrected chi connectivity index (χ1v) is 8.98. The molecule has 5 rings (SSSR count). The maximum Gasteiger partial charge on any atom is 0.0870 e. The van der Waals surface area contributed by atoms with Crippen LogP contribution in [0.1, 0.15) is 23.7 Å². The lowest BCUT2D eigenvalue weighted by molar-refractivity contribution is -0.120. The summed E-state index contributed by atoms with van der Waals surface area (Å²) in [5.41, 5.74) is 4.25. The molecule has 0 bridgehead atoms. The maximum absolute atomic E-state index is 5.75. The Morgan fingerprint density at radius 3 is 3.14 bits per heavy atom. The molecule has 2 saturated heterocycles. The van der Waals surface area contributed by atoms with Gasteiger partial charge in [-0.05, 0) is 30.5 Å². The van der Waals surface area contributed by atoms with Crippen molar-refractivity contribution in [3.8, 4) is 0 Å². The molecule has 22 heavy (non-hydrogen) atoms. The monoisotopic (exact) mass is 361 g/mol. The van der Waals surface area contributed by atoms with Gasteiger partial charge in [0.05, 0.1) is 25.4 Å². The molecule has 2 aromatic rings. The van der Waals surface area contributed by atoms with Crippen molar-refractivity contribution in [2.45, 2.75) is 25.0 Å². The Balaban J connectivity index is 1.58. The van der Waals surface area contributed by atoms with Crippen molar-refractivity contribution in [3.63, 3.8) is 0 Å². The number of aromatic amines is 1. The Morgan fingerprint density at radius 2 is 2.18 bits per heavy atom. The van der Waals surface area contributed by atoms with Crippen molar-refractivity contribution in [2.24, 2.45) is 0 Å².